The van der Waals surface area contributed by atoms with Gasteiger partial charge in [-0.2, -0.15) is 0 Å². The monoisotopic (exact) mass is 342 g/mol. The van der Waals surface area contributed by atoms with E-state index in [-0.39, 0.29) is 24.6 Å². The van der Waals surface area contributed by atoms with Crippen molar-refractivity contribution in [2.75, 3.05) is 13.2 Å². The van der Waals surface area contributed by atoms with Gasteiger partial charge < -0.3 is 19.3 Å². The molecule has 2 rings (SSSR count). The van der Waals surface area contributed by atoms with Gasteiger partial charge in [0, 0.05) is 6.42 Å². The third-order valence-corrected chi connectivity index (χ3v) is 5.24. The fourth-order valence-electron chi connectivity index (χ4n) is 3.70. The summed E-state index contributed by atoms with van der Waals surface area (Å²) in [6, 6.07) is 0. The normalized spacial score (nSPS) is 35.1. The highest BCUT2D eigenvalue weighted by Gasteiger charge is 2.37. The molecule has 6 nitrogen and oxygen atoms in total. The quantitative estimate of drug-likeness (QED) is 0.737. The lowest BCUT2D eigenvalue weighted by atomic mass is 9.74. The number of hydrogen-bond acceptors (Lipinski definition) is 6. The van der Waals surface area contributed by atoms with E-state index >= 15 is 0 Å². The Bertz CT molecular complexity index is 435. The van der Waals surface area contributed by atoms with Gasteiger partial charge >= 0.3 is 11.9 Å². The summed E-state index contributed by atoms with van der Waals surface area (Å²) in [5, 5.41) is 9.70. The summed E-state index contributed by atoms with van der Waals surface area (Å²) in [6.45, 7) is 4.19. The average molecular weight is 342 g/mol. The summed E-state index contributed by atoms with van der Waals surface area (Å²) in [5.74, 6) is -0.450. The predicted molar refractivity (Wildman–Crippen MR) is 87.3 cm³/mol. The van der Waals surface area contributed by atoms with Gasteiger partial charge in [-0.25, -0.2) is 0 Å². The predicted octanol–water partition coefficient (Wildman–Crippen LogP) is 2.36. The van der Waals surface area contributed by atoms with E-state index in [1.54, 1.807) is 0 Å². The van der Waals surface area contributed by atoms with Crippen LogP contribution in [0.1, 0.15) is 65.2 Å². The number of esters is 2. The Morgan fingerprint density at radius 2 is 1.88 bits per heavy atom. The maximum atomic E-state index is 12.0. The molecule has 2 fully saturated rings. The van der Waals surface area contributed by atoms with Crippen LogP contribution in [0.2, 0.25) is 0 Å². The van der Waals surface area contributed by atoms with Crippen LogP contribution >= 0.6 is 0 Å². The Balaban J connectivity index is 2.02. The van der Waals surface area contributed by atoms with Gasteiger partial charge in [0.2, 0.25) is 0 Å². The molecular formula is C18H30O6. The maximum absolute atomic E-state index is 12.0. The zero-order valence-corrected chi connectivity index (χ0v) is 14.8. The molecule has 4 unspecified atom stereocenters. The molecule has 6 heteroatoms. The number of carbonyl (C=O) groups excluding carboxylic acids is 2. The van der Waals surface area contributed by atoms with Gasteiger partial charge in [-0.3, -0.25) is 9.59 Å². The van der Waals surface area contributed by atoms with Crippen LogP contribution in [0, 0.1) is 5.92 Å². The standard InChI is InChI=1S/C18H30O6/c1-13(19)15-12-17(21)22-10-11-23-18(2)9-4-3-6-14(18)7-5-8-16(20)24-15/h13-15,19H,3-12H2,1-2H3. The topological polar surface area (TPSA) is 82.1 Å². The largest absolute Gasteiger partial charge is 0.463 e. The molecule has 0 radical (unpaired) electrons. The minimum atomic E-state index is -0.910. The molecule has 1 aliphatic carbocycles. The third-order valence-electron chi connectivity index (χ3n) is 5.24. The molecule has 0 aromatic carbocycles. The number of carbonyl (C=O) groups is 2. The van der Waals surface area contributed by atoms with E-state index in [0.717, 1.165) is 32.1 Å². The average Bonchev–Trinajstić information content (AvgIpc) is 2.52. The van der Waals surface area contributed by atoms with Gasteiger partial charge in [-0.1, -0.05) is 12.8 Å². The Labute approximate surface area is 143 Å². The number of hydrogen-bond donors (Lipinski definition) is 1. The number of cyclic esters (lactones) is 2. The van der Waals surface area contributed by atoms with Crippen LogP contribution in [0.25, 0.3) is 0 Å². The van der Waals surface area contributed by atoms with Crippen molar-refractivity contribution >= 4 is 11.9 Å². The molecule has 0 aromatic rings. The zero-order valence-electron chi connectivity index (χ0n) is 14.8. The minimum Gasteiger partial charge on any atom is -0.463 e. The molecule has 0 aromatic heterocycles. The molecule has 1 heterocycles. The number of fused-ring (bicyclic) bond motifs is 1. The second-order valence-corrected chi connectivity index (χ2v) is 7.19. The fraction of sp³-hybridized carbons (Fsp3) is 0.889. The first-order chi connectivity index (χ1) is 11.4. The van der Waals surface area contributed by atoms with Crippen LogP contribution in [0.4, 0.5) is 0 Å². The molecule has 0 amide bonds. The molecular weight excluding hydrogens is 312 g/mol. The van der Waals surface area contributed by atoms with Crippen LogP contribution in [-0.2, 0) is 23.8 Å². The summed E-state index contributed by atoms with van der Waals surface area (Å²) in [7, 11) is 0. The van der Waals surface area contributed by atoms with E-state index in [2.05, 4.69) is 6.92 Å². The van der Waals surface area contributed by atoms with Crippen LogP contribution in [0.15, 0.2) is 0 Å². The molecule has 4 atom stereocenters. The smallest absolute Gasteiger partial charge is 0.309 e. The fourth-order valence-corrected chi connectivity index (χ4v) is 3.70. The van der Waals surface area contributed by atoms with E-state index in [9.17, 15) is 14.7 Å². The van der Waals surface area contributed by atoms with Crippen LogP contribution in [-0.4, -0.2) is 48.1 Å². The lowest BCUT2D eigenvalue weighted by Crippen LogP contribution is -2.41. The van der Waals surface area contributed by atoms with Crippen molar-refractivity contribution in [2.45, 2.75) is 83.0 Å². The lowest BCUT2D eigenvalue weighted by Gasteiger charge is -2.41. The summed E-state index contributed by atoms with van der Waals surface area (Å²) in [6.07, 6.45) is 4.49. The molecule has 2 aliphatic rings. The molecule has 0 spiro atoms. The van der Waals surface area contributed by atoms with Crippen LogP contribution < -0.4 is 0 Å². The van der Waals surface area contributed by atoms with Crippen LogP contribution in [0.5, 0.6) is 0 Å². The zero-order chi connectivity index (χ0) is 17.6. The van der Waals surface area contributed by atoms with E-state index in [1.165, 1.54) is 13.3 Å². The van der Waals surface area contributed by atoms with E-state index in [0.29, 0.717) is 18.9 Å². The van der Waals surface area contributed by atoms with E-state index in [4.69, 9.17) is 14.2 Å². The second-order valence-electron chi connectivity index (χ2n) is 7.19. The Morgan fingerprint density at radius 3 is 2.62 bits per heavy atom. The van der Waals surface area contributed by atoms with Crippen molar-refractivity contribution in [1.29, 1.82) is 0 Å². The third kappa shape index (κ3) is 5.45. The van der Waals surface area contributed by atoms with Gasteiger partial charge in [0.25, 0.3) is 0 Å². The Morgan fingerprint density at radius 1 is 1.12 bits per heavy atom. The lowest BCUT2D eigenvalue weighted by molar-refractivity contribution is -0.165. The van der Waals surface area contributed by atoms with Crippen molar-refractivity contribution < 1.29 is 28.9 Å². The number of rotatable bonds is 1. The molecule has 1 N–H and O–H groups in total. The van der Waals surface area contributed by atoms with Gasteiger partial charge in [0.1, 0.15) is 12.7 Å². The second kappa shape index (κ2) is 8.81. The first kappa shape index (κ1) is 19.2. The molecule has 1 saturated heterocycles. The van der Waals surface area contributed by atoms with Gasteiger partial charge in [0.15, 0.2) is 0 Å². The Kier molecular flexibility index (Phi) is 7.04. The summed E-state index contributed by atoms with van der Waals surface area (Å²) >= 11 is 0. The minimum absolute atomic E-state index is 0.136. The van der Waals surface area contributed by atoms with Gasteiger partial charge in [-0.05, 0) is 45.4 Å². The van der Waals surface area contributed by atoms with Crippen LogP contribution in [0.3, 0.4) is 0 Å². The van der Waals surface area contributed by atoms with Gasteiger partial charge in [0.05, 0.1) is 24.7 Å². The van der Waals surface area contributed by atoms with E-state index in [1.807, 2.05) is 0 Å². The molecule has 1 saturated carbocycles. The molecule has 24 heavy (non-hydrogen) atoms. The van der Waals surface area contributed by atoms with Crippen molar-refractivity contribution in [3.05, 3.63) is 0 Å². The van der Waals surface area contributed by atoms with Crippen molar-refractivity contribution in [1.82, 2.24) is 0 Å². The first-order valence-corrected chi connectivity index (χ1v) is 9.08. The molecule has 0 bridgehead atoms. The van der Waals surface area contributed by atoms with Crippen molar-refractivity contribution in [2.24, 2.45) is 5.92 Å². The summed E-state index contributed by atoms with van der Waals surface area (Å²) in [5.41, 5.74) is -0.208. The molecule has 138 valence electrons. The molecule has 1 aliphatic heterocycles. The SMILES string of the molecule is CC(O)C1CC(=O)OCCOC2(C)CCCCC2CCCC(=O)O1. The first-order valence-electron chi connectivity index (χ1n) is 9.08. The highest BCUT2D eigenvalue weighted by molar-refractivity contribution is 5.72. The summed E-state index contributed by atoms with van der Waals surface area (Å²) < 4.78 is 16.5. The van der Waals surface area contributed by atoms with Crippen molar-refractivity contribution in [3.63, 3.8) is 0 Å². The number of ether oxygens (including phenoxy) is 3. The Hall–Kier alpha value is -1.14. The number of aliphatic hydroxyl groups is 1. The highest BCUT2D eigenvalue weighted by Crippen LogP contribution is 2.39. The highest BCUT2D eigenvalue weighted by atomic mass is 16.6. The summed E-state index contributed by atoms with van der Waals surface area (Å²) in [4.78, 5) is 23.9. The number of aliphatic hydroxyl groups excluding tert-OH is 1. The van der Waals surface area contributed by atoms with E-state index < -0.39 is 18.2 Å². The van der Waals surface area contributed by atoms with Gasteiger partial charge in [-0.15, -0.1) is 0 Å². The maximum Gasteiger partial charge on any atom is 0.309 e. The van der Waals surface area contributed by atoms with Crippen molar-refractivity contribution in [3.8, 4) is 0 Å².